The van der Waals surface area contributed by atoms with E-state index >= 15 is 0 Å². The van der Waals surface area contributed by atoms with Gasteiger partial charge < -0.3 is 10.1 Å². The molecule has 22 heavy (non-hydrogen) atoms. The Morgan fingerprint density at radius 3 is 3.00 bits per heavy atom. The number of hydrogen-bond acceptors (Lipinski definition) is 5. The number of carbonyl (C=O) groups excluding carboxylic acids is 2. The van der Waals surface area contributed by atoms with Crippen molar-refractivity contribution < 1.29 is 14.3 Å². The topological polar surface area (TPSA) is 80.3 Å². The number of ether oxygens (including phenoxy) is 1. The van der Waals surface area contributed by atoms with Gasteiger partial charge in [0.15, 0.2) is 17.5 Å². The number of carbonyl (C=O) groups is 2. The molecule has 6 nitrogen and oxygen atoms in total. The van der Waals surface area contributed by atoms with Gasteiger partial charge in [-0.25, -0.2) is 4.98 Å². The minimum atomic E-state index is -0.308. The maximum atomic E-state index is 12.4. The van der Waals surface area contributed by atoms with E-state index in [1.54, 1.807) is 18.2 Å². The Bertz CT molecular complexity index is 739. The van der Waals surface area contributed by atoms with Gasteiger partial charge in [0.2, 0.25) is 0 Å². The van der Waals surface area contributed by atoms with Gasteiger partial charge in [0, 0.05) is 5.38 Å². The molecule has 114 valence electrons. The fraction of sp³-hybridized carbons (Fsp3) is 0.267. The second kappa shape index (κ2) is 5.76. The second-order valence-electron chi connectivity index (χ2n) is 5.21. The first kappa shape index (κ1) is 14.5. The standard InChI is InChI=1S/C15H15N3O3S/c1-8(2)11-7-22-15(17-11)18-14(20)9-4-3-5-10-13(9)21-6-12(19)16-10/h3-5,7-8H,6H2,1-2H3,(H,16,19)(H,17,18,20). The van der Waals surface area contributed by atoms with Gasteiger partial charge in [-0.05, 0) is 18.1 Å². The van der Waals surface area contributed by atoms with Crippen LogP contribution in [-0.2, 0) is 4.79 Å². The van der Waals surface area contributed by atoms with Crippen LogP contribution in [0.5, 0.6) is 5.75 Å². The number of amides is 2. The molecule has 1 aromatic carbocycles. The average Bonchev–Trinajstić information content (AvgIpc) is 2.95. The molecule has 7 heteroatoms. The lowest BCUT2D eigenvalue weighted by Gasteiger charge is -2.20. The number of para-hydroxylation sites is 1. The third-order valence-corrected chi connectivity index (χ3v) is 3.99. The van der Waals surface area contributed by atoms with Crippen LogP contribution in [0, 0.1) is 0 Å². The van der Waals surface area contributed by atoms with E-state index in [1.165, 1.54) is 11.3 Å². The van der Waals surface area contributed by atoms with Gasteiger partial charge in [0.05, 0.1) is 16.9 Å². The fourth-order valence-electron chi connectivity index (χ4n) is 2.07. The summed E-state index contributed by atoms with van der Waals surface area (Å²) in [7, 11) is 0. The predicted octanol–water partition coefficient (Wildman–Crippen LogP) is 2.85. The van der Waals surface area contributed by atoms with E-state index in [0.717, 1.165) is 5.69 Å². The summed E-state index contributed by atoms with van der Waals surface area (Å²) in [6, 6.07) is 5.05. The molecule has 0 radical (unpaired) electrons. The number of aromatic nitrogens is 1. The number of rotatable bonds is 3. The number of hydrogen-bond donors (Lipinski definition) is 2. The van der Waals surface area contributed by atoms with E-state index in [-0.39, 0.29) is 18.4 Å². The number of fused-ring (bicyclic) bond motifs is 1. The van der Waals surface area contributed by atoms with Crippen LogP contribution in [0.2, 0.25) is 0 Å². The lowest BCUT2D eigenvalue weighted by Crippen LogP contribution is -2.27. The summed E-state index contributed by atoms with van der Waals surface area (Å²) in [6.07, 6.45) is 0. The summed E-state index contributed by atoms with van der Waals surface area (Å²) in [6.45, 7) is 4.00. The van der Waals surface area contributed by atoms with E-state index in [1.807, 2.05) is 19.2 Å². The molecular weight excluding hydrogens is 302 g/mol. The van der Waals surface area contributed by atoms with Crippen molar-refractivity contribution in [1.82, 2.24) is 4.98 Å². The third kappa shape index (κ3) is 2.80. The van der Waals surface area contributed by atoms with E-state index < -0.39 is 0 Å². The van der Waals surface area contributed by atoms with Crippen molar-refractivity contribution in [3.63, 3.8) is 0 Å². The van der Waals surface area contributed by atoms with E-state index in [4.69, 9.17) is 4.74 Å². The molecule has 0 saturated carbocycles. The molecular formula is C15H15N3O3S. The third-order valence-electron chi connectivity index (χ3n) is 3.22. The summed E-state index contributed by atoms with van der Waals surface area (Å²) in [5.41, 5.74) is 1.82. The van der Waals surface area contributed by atoms with Gasteiger partial charge in [0.1, 0.15) is 0 Å². The Morgan fingerprint density at radius 1 is 1.45 bits per heavy atom. The number of nitrogens with one attached hydrogen (secondary N) is 2. The van der Waals surface area contributed by atoms with Crippen molar-refractivity contribution >= 4 is 34.0 Å². The van der Waals surface area contributed by atoms with Crippen molar-refractivity contribution in [1.29, 1.82) is 0 Å². The van der Waals surface area contributed by atoms with Gasteiger partial charge in [-0.15, -0.1) is 11.3 Å². The number of benzene rings is 1. The lowest BCUT2D eigenvalue weighted by atomic mass is 10.1. The van der Waals surface area contributed by atoms with Crippen LogP contribution in [-0.4, -0.2) is 23.4 Å². The number of anilines is 2. The Balaban J connectivity index is 1.83. The van der Waals surface area contributed by atoms with Crippen LogP contribution in [0.1, 0.15) is 35.8 Å². The fourth-order valence-corrected chi connectivity index (χ4v) is 2.93. The first-order chi connectivity index (χ1) is 10.5. The largest absolute Gasteiger partial charge is 0.481 e. The monoisotopic (exact) mass is 317 g/mol. The highest BCUT2D eigenvalue weighted by Gasteiger charge is 2.23. The van der Waals surface area contributed by atoms with Gasteiger partial charge in [-0.2, -0.15) is 0 Å². The lowest BCUT2D eigenvalue weighted by molar-refractivity contribution is -0.118. The molecule has 2 heterocycles. The zero-order valence-corrected chi connectivity index (χ0v) is 13.0. The van der Waals surface area contributed by atoms with E-state index in [2.05, 4.69) is 15.6 Å². The van der Waals surface area contributed by atoms with Crippen LogP contribution >= 0.6 is 11.3 Å². The molecule has 0 aliphatic carbocycles. The highest BCUT2D eigenvalue weighted by atomic mass is 32.1. The van der Waals surface area contributed by atoms with E-state index in [0.29, 0.717) is 28.0 Å². The van der Waals surface area contributed by atoms with Gasteiger partial charge in [0.25, 0.3) is 11.8 Å². The van der Waals surface area contributed by atoms with Crippen molar-refractivity contribution in [3.8, 4) is 5.75 Å². The first-order valence-corrected chi connectivity index (χ1v) is 7.75. The van der Waals surface area contributed by atoms with Crippen molar-refractivity contribution in [2.45, 2.75) is 19.8 Å². The molecule has 0 spiro atoms. The molecule has 2 aromatic rings. The molecule has 2 N–H and O–H groups in total. The van der Waals surface area contributed by atoms with Crippen molar-refractivity contribution in [2.24, 2.45) is 0 Å². The molecule has 2 amide bonds. The normalized spacial score (nSPS) is 13.3. The van der Waals surface area contributed by atoms with Crippen LogP contribution in [0.3, 0.4) is 0 Å². The van der Waals surface area contributed by atoms with Crippen LogP contribution < -0.4 is 15.4 Å². The predicted molar refractivity (Wildman–Crippen MR) is 84.7 cm³/mol. The van der Waals surface area contributed by atoms with Crippen molar-refractivity contribution in [2.75, 3.05) is 17.2 Å². The summed E-state index contributed by atoms with van der Waals surface area (Å²) >= 11 is 1.39. The van der Waals surface area contributed by atoms with Crippen molar-refractivity contribution in [3.05, 3.63) is 34.8 Å². The summed E-state index contributed by atoms with van der Waals surface area (Å²) in [5, 5.41) is 7.93. The maximum Gasteiger partial charge on any atom is 0.262 e. The highest BCUT2D eigenvalue weighted by molar-refractivity contribution is 7.14. The minimum absolute atomic E-state index is 0.0912. The average molecular weight is 317 g/mol. The van der Waals surface area contributed by atoms with Crippen LogP contribution in [0.25, 0.3) is 0 Å². The molecule has 3 rings (SSSR count). The first-order valence-electron chi connectivity index (χ1n) is 6.87. The highest BCUT2D eigenvalue weighted by Crippen LogP contribution is 2.32. The van der Waals surface area contributed by atoms with Gasteiger partial charge >= 0.3 is 0 Å². The number of nitrogens with zero attached hydrogens (tertiary/aromatic N) is 1. The molecule has 0 unspecified atom stereocenters. The Kier molecular flexibility index (Phi) is 3.81. The maximum absolute atomic E-state index is 12.4. The smallest absolute Gasteiger partial charge is 0.262 e. The van der Waals surface area contributed by atoms with E-state index in [9.17, 15) is 9.59 Å². The quantitative estimate of drug-likeness (QED) is 0.912. The molecule has 0 fully saturated rings. The second-order valence-corrected chi connectivity index (χ2v) is 6.06. The molecule has 1 aromatic heterocycles. The SMILES string of the molecule is CC(C)c1csc(NC(=O)c2cccc3c2OCC(=O)N3)n1. The Morgan fingerprint density at radius 2 is 2.27 bits per heavy atom. The van der Waals surface area contributed by atoms with Crippen LogP contribution in [0.15, 0.2) is 23.6 Å². The zero-order valence-electron chi connectivity index (χ0n) is 12.2. The van der Waals surface area contributed by atoms with Gasteiger partial charge in [-0.1, -0.05) is 19.9 Å². The molecule has 1 aliphatic heterocycles. The molecule has 0 atom stereocenters. The summed E-state index contributed by atoms with van der Waals surface area (Å²) in [5.74, 6) is 0.161. The Labute approximate surface area is 131 Å². The minimum Gasteiger partial charge on any atom is -0.481 e. The molecule has 0 bridgehead atoms. The van der Waals surface area contributed by atoms with Gasteiger partial charge in [-0.3, -0.25) is 14.9 Å². The zero-order chi connectivity index (χ0) is 15.7. The molecule has 1 aliphatic rings. The Hall–Kier alpha value is -2.41. The summed E-state index contributed by atoms with van der Waals surface area (Å²) in [4.78, 5) is 28.1. The molecule has 0 saturated heterocycles. The van der Waals surface area contributed by atoms with Crippen LogP contribution in [0.4, 0.5) is 10.8 Å². The summed E-state index contributed by atoms with van der Waals surface area (Å²) < 4.78 is 5.38. The number of thiazole rings is 1.